The first-order valence-corrected chi connectivity index (χ1v) is 44.9. The Balaban J connectivity index is 0.000000149. The van der Waals surface area contributed by atoms with Crippen LogP contribution >= 0.6 is 69.2 Å². The monoisotopic (exact) mass is 2240 g/mol. The number of terminal acetylenes is 1. The number of nitrogens with zero attached hydrogens (tertiary/aromatic N) is 22. The van der Waals surface area contributed by atoms with E-state index in [9.17, 15) is 56.2 Å². The van der Waals surface area contributed by atoms with E-state index in [-0.39, 0.29) is 58.2 Å². The van der Waals surface area contributed by atoms with Crippen molar-refractivity contribution >= 4 is 212 Å². The van der Waals surface area contributed by atoms with E-state index in [0.29, 0.717) is 86.4 Å². The number of carbonyl (C=O) groups is 1. The van der Waals surface area contributed by atoms with Gasteiger partial charge in [0.25, 0.3) is 11.4 Å². The van der Waals surface area contributed by atoms with Crippen molar-refractivity contribution in [2.45, 2.75) is 146 Å². The highest BCUT2D eigenvalue weighted by Crippen LogP contribution is 2.43. The number of amides is 2. The second kappa shape index (κ2) is 47.3. The molecule has 4 saturated carbocycles. The summed E-state index contributed by atoms with van der Waals surface area (Å²) in [6, 6.07) is 35.3. The number of rotatable bonds is 13. The maximum Gasteiger partial charge on any atom is 0.488 e. The van der Waals surface area contributed by atoms with Gasteiger partial charge >= 0.3 is 25.5 Å². The van der Waals surface area contributed by atoms with Gasteiger partial charge < -0.3 is 55.1 Å². The first-order chi connectivity index (χ1) is 66.3. The number of aliphatic imine (C=N–C) groups is 1. The Morgan fingerprint density at radius 2 is 0.856 bits per heavy atom. The quantitative estimate of drug-likeness (QED) is 0.00588. The molecule has 0 saturated heterocycles. The third kappa shape index (κ3) is 25.7. The number of alkyl halides is 6. The van der Waals surface area contributed by atoms with E-state index < -0.39 is 46.5 Å². The van der Waals surface area contributed by atoms with Crippen LogP contribution in [0.25, 0.3) is 88.9 Å². The molecule has 139 heavy (non-hydrogen) atoms. The lowest BCUT2D eigenvalue weighted by Crippen LogP contribution is -2.29. The molecule has 4 fully saturated rings. The van der Waals surface area contributed by atoms with Gasteiger partial charge in [0.05, 0.1) is 77.8 Å². The predicted molar refractivity (Wildman–Crippen MR) is 542 cm³/mol. The second-order valence-corrected chi connectivity index (χ2v) is 33.4. The Morgan fingerprint density at radius 3 is 1.24 bits per heavy atom. The second-order valence-electron chi connectivity index (χ2n) is 31.3. The summed E-state index contributed by atoms with van der Waals surface area (Å²) in [6.07, 6.45) is 22.8. The van der Waals surface area contributed by atoms with Crippen LogP contribution in [0.5, 0.6) is 0 Å². The summed E-state index contributed by atoms with van der Waals surface area (Å²) in [5, 5.41) is 72.9. The van der Waals surface area contributed by atoms with Crippen molar-refractivity contribution in [1.29, 1.82) is 0 Å². The van der Waals surface area contributed by atoms with Gasteiger partial charge in [0.2, 0.25) is 6.08 Å². The van der Waals surface area contributed by atoms with Gasteiger partial charge in [-0.05, 0) is 194 Å². The van der Waals surface area contributed by atoms with E-state index in [1.165, 1.54) is 150 Å². The molecule has 20 rings (SSSR count). The Hall–Kier alpha value is -14.8. The SMILES string of the molecule is C#CC#CC.I.Nc1ccc(-c2nn(C3CCCC3)c3ncnc(N)c23)cc1.Nc1ncnc2c1c(-c1ccc(NC(=O)Nc3cccc(C(F)(F)F)c3)cc1)nn2C1CCCC1.Nc1ncnc2c1c(-c1ccc([N+](=O)[O-])cc1)nn2C1CCCC1.Nc1ncnc2c1c(I)nn2C1CCCC1.Nc1ncnc2n[nH]c(I)c12.O=C=Nc1cccc(C(F)(F)F)c1.O=[N+]([O-])c1ccc(B(O)O)cc1. The number of anilines is 8. The van der Waals surface area contributed by atoms with Gasteiger partial charge in [-0.1, -0.05) is 106 Å². The molecular weight excluding hydrogens is 2150 g/mol. The predicted octanol–water partition coefficient (Wildman–Crippen LogP) is 17.6. The van der Waals surface area contributed by atoms with Crippen molar-refractivity contribution in [3.63, 3.8) is 0 Å². The van der Waals surface area contributed by atoms with Crippen molar-refractivity contribution in [1.82, 2.24) is 99.2 Å². The molecular formula is C90H87BF6I3N31O8. The van der Waals surface area contributed by atoms with Gasteiger partial charge in [-0.25, -0.2) is 78.2 Å². The number of aromatic amines is 1. The fourth-order valence-corrected chi connectivity index (χ4v) is 17.2. The Bertz CT molecular complexity index is 7170. The number of hydrogen-bond acceptors (Lipinski definition) is 30. The van der Waals surface area contributed by atoms with Gasteiger partial charge in [0.1, 0.15) is 85.2 Å². The molecule has 16 aromatic rings. The minimum absolute atomic E-state index is 0. The normalized spacial score (nSPS) is 13.5. The lowest BCUT2D eigenvalue weighted by atomic mass is 9.80. The molecule has 4 aliphatic carbocycles. The van der Waals surface area contributed by atoms with Crippen LogP contribution in [0, 0.1) is 51.8 Å². The molecule has 0 aliphatic heterocycles. The third-order valence-electron chi connectivity index (χ3n) is 22.4. The van der Waals surface area contributed by atoms with E-state index in [1.54, 1.807) is 43.3 Å². The van der Waals surface area contributed by atoms with Gasteiger partial charge in [-0.15, -0.1) is 30.4 Å². The van der Waals surface area contributed by atoms with Gasteiger partial charge in [0, 0.05) is 58.0 Å². The third-order valence-corrected chi connectivity index (χ3v) is 23.9. The Labute approximate surface area is 831 Å². The smallest absolute Gasteiger partial charge is 0.423 e. The van der Waals surface area contributed by atoms with E-state index in [4.69, 9.17) is 66.2 Å². The van der Waals surface area contributed by atoms with Crippen molar-refractivity contribution in [2.75, 3.05) is 45.0 Å². The largest absolute Gasteiger partial charge is 0.488 e. The zero-order valence-corrected chi connectivity index (χ0v) is 80.2. The van der Waals surface area contributed by atoms with Crippen LogP contribution in [0.2, 0.25) is 0 Å². The molecule has 39 nitrogen and oxygen atoms in total. The summed E-state index contributed by atoms with van der Waals surface area (Å²) < 4.78 is 84.6. The molecule has 0 spiro atoms. The molecule has 716 valence electrons. The van der Waals surface area contributed by atoms with Crippen LogP contribution in [-0.4, -0.2) is 138 Å². The fourth-order valence-electron chi connectivity index (χ4n) is 15.8. The fraction of sp³-hybridized carbons (Fsp3) is 0.256. The van der Waals surface area contributed by atoms with Gasteiger partial charge in [-0.2, -0.15) is 56.8 Å². The number of halogens is 9. The van der Waals surface area contributed by atoms with E-state index in [0.717, 1.165) is 144 Å². The molecule has 6 aromatic carbocycles. The molecule has 0 bridgehead atoms. The van der Waals surface area contributed by atoms with Crippen molar-refractivity contribution in [3.8, 4) is 58.0 Å². The first kappa shape index (κ1) is 103. The standard InChI is InChI=1S/C24H22F3N7O.C16H16N6O2.C16H18N6.C10H12IN5.C8H4F3NO.C6H6BNO4.C5H4IN5.C5H4.HI/c25-24(26,27)15-4-3-5-17(12-15)32-23(35)31-16-10-8-14(9-11-16)20-19-21(28)29-13-30-22(19)34(33-20)18-6-1-2-7-18;17-15-13-14(10-5-7-12(8-6-10)22(23)24)20-21(11-3-1-2-4-11)16(13)19-9-18-15;17-11-7-5-10(6-8-11)14-13-15(18)19-9-20-16(13)22(21-14)12-3-1-2-4-12;11-8-7-9(12)13-5-14-10(7)16(15-8)6-3-1-2-4-6;9-8(10,11)6-2-1-3-7(4-6)12-5-13;9-7(10)5-1-3-6(4-2-5)8(11)12;6-3-2-4(7)8-1-9-5(2)11-10-3;1-3-5-4-2;/h3-5,8-13,18H,1-2,6-7H2,(H2,28,29,30)(H2,31,32,35);5-9,11H,1-4H2,(H2,17,18,19);5-9,12H,1-4,17H2,(H2,18,19,20);5-6H,1-4H2,(H2,12,13,14);1-4H;1-4,9-10H;1H,(H3,7,8,9,10,11);1H,2H3;1H. The van der Waals surface area contributed by atoms with Crippen LogP contribution in [-0.2, 0) is 17.1 Å². The lowest BCUT2D eigenvalue weighted by molar-refractivity contribution is -0.385. The minimum atomic E-state index is -4.49. The molecule has 0 atom stereocenters. The highest BCUT2D eigenvalue weighted by atomic mass is 127. The van der Waals surface area contributed by atoms with E-state index in [1.807, 2.05) is 43.0 Å². The molecule has 0 radical (unpaired) electrons. The molecule has 10 aromatic heterocycles. The number of isocyanates is 1. The number of nitro benzene ring substituents is 2. The molecule has 49 heteroatoms. The summed E-state index contributed by atoms with van der Waals surface area (Å²) in [5.41, 5.74) is 43.7. The topological polar surface area (TPSA) is 582 Å². The zero-order chi connectivity index (χ0) is 98.5. The Morgan fingerprint density at radius 1 is 0.496 bits per heavy atom. The maximum atomic E-state index is 12.9. The number of carbonyl (C=O) groups excluding carboxylic acids is 2. The number of aromatic nitrogens is 20. The number of benzene rings is 6. The summed E-state index contributed by atoms with van der Waals surface area (Å²) in [5.74, 6) is 9.26. The Kier molecular flexibility index (Phi) is 35.1. The lowest BCUT2D eigenvalue weighted by Gasteiger charge is -2.11. The van der Waals surface area contributed by atoms with Crippen LogP contribution in [0.1, 0.15) is 145 Å². The molecule has 2 amide bonds. The number of hydrogen-bond donors (Lipinski definition) is 11. The average Bonchev–Trinajstić information content (AvgIpc) is 1.65. The number of urea groups is 1. The number of nitro groups is 2. The number of fused-ring (bicyclic) bond motifs is 5. The molecule has 10 heterocycles. The molecule has 0 unspecified atom stereocenters. The maximum absolute atomic E-state index is 12.9. The molecule has 17 N–H and O–H groups in total. The highest BCUT2D eigenvalue weighted by Gasteiger charge is 2.34. The number of nitrogen functional groups attached to an aromatic ring is 6. The summed E-state index contributed by atoms with van der Waals surface area (Å²) in [4.78, 5) is 86.9. The number of nitrogens with two attached hydrogens (primary N) is 6. The van der Waals surface area contributed by atoms with Crippen molar-refractivity contribution in [2.24, 2.45) is 4.99 Å². The van der Waals surface area contributed by atoms with Crippen molar-refractivity contribution < 1.29 is 55.8 Å². The minimum Gasteiger partial charge on any atom is -0.423 e. The van der Waals surface area contributed by atoms with Crippen LogP contribution in [0.4, 0.5) is 94.4 Å². The first-order valence-electron chi connectivity index (χ1n) is 42.7. The number of non-ortho nitro benzene ring substituents is 2. The van der Waals surface area contributed by atoms with Crippen molar-refractivity contribution in [3.05, 3.63) is 216 Å². The highest BCUT2D eigenvalue weighted by molar-refractivity contribution is 14.1. The molecule has 4 aliphatic rings. The number of nitrogens with one attached hydrogen (secondary N) is 3. The van der Waals surface area contributed by atoms with Gasteiger partial charge in [-0.3, -0.25) is 25.3 Å². The summed E-state index contributed by atoms with van der Waals surface area (Å²) in [6.45, 7) is 1.71. The van der Waals surface area contributed by atoms with Crippen LogP contribution in [0.15, 0.2) is 182 Å². The zero-order valence-electron chi connectivity index (χ0n) is 73.6. The van der Waals surface area contributed by atoms with Crippen LogP contribution < -0.4 is 50.5 Å². The van der Waals surface area contributed by atoms with E-state index in [2.05, 4.69) is 144 Å². The summed E-state index contributed by atoms with van der Waals surface area (Å²) in [7, 11) is -1.58. The van der Waals surface area contributed by atoms with Crippen LogP contribution in [0.3, 0.4) is 0 Å². The average molecular weight is 2240 g/mol. The number of H-pyrrole nitrogens is 1. The van der Waals surface area contributed by atoms with Gasteiger partial charge in [0.15, 0.2) is 28.2 Å². The van der Waals surface area contributed by atoms with E-state index >= 15 is 0 Å². The summed E-state index contributed by atoms with van der Waals surface area (Å²) >= 11 is 4.30.